The number of Topliss-reactive ketones (excluding diaryl/α,β-unsaturated/α-hetero) is 1. The Bertz CT molecular complexity index is 506. The summed E-state index contributed by atoms with van der Waals surface area (Å²) in [6, 6.07) is 0. The summed E-state index contributed by atoms with van der Waals surface area (Å²) in [5.41, 5.74) is -7.02. The molecule has 0 heterocycles. The molecule has 3 nitrogen and oxygen atoms in total. The zero-order chi connectivity index (χ0) is 14.1. The third kappa shape index (κ3) is 1.31. The van der Waals surface area contributed by atoms with Crippen molar-refractivity contribution in [3.05, 3.63) is 0 Å². The van der Waals surface area contributed by atoms with E-state index in [1.807, 2.05) is 0 Å². The highest BCUT2D eigenvalue weighted by molar-refractivity contribution is 7.93. The Kier molecular flexibility index (Phi) is 2.53. The van der Waals surface area contributed by atoms with E-state index in [9.17, 15) is 26.4 Å². The number of hydrogen-bond acceptors (Lipinski definition) is 3. The average Bonchev–Trinajstić information content (AvgIpc) is 2.47. The molecule has 0 aromatic heterocycles. The summed E-state index contributed by atoms with van der Waals surface area (Å²) in [5, 5.41) is -1.91. The smallest absolute Gasteiger partial charge is 0.298 e. The van der Waals surface area contributed by atoms with Gasteiger partial charge in [-0.3, -0.25) is 4.79 Å². The maximum atomic E-state index is 12.6. The van der Waals surface area contributed by atoms with E-state index in [2.05, 4.69) is 0 Å². The second-order valence-electron chi connectivity index (χ2n) is 5.97. The average molecular weight is 284 g/mol. The van der Waals surface area contributed by atoms with E-state index in [-0.39, 0.29) is 0 Å². The number of fused-ring (bicyclic) bond motifs is 2. The molecule has 0 saturated heterocycles. The molecule has 0 aromatic carbocycles. The lowest BCUT2D eigenvalue weighted by molar-refractivity contribution is -0.128. The van der Waals surface area contributed by atoms with Gasteiger partial charge >= 0.3 is 5.51 Å². The van der Waals surface area contributed by atoms with Crippen molar-refractivity contribution >= 4 is 15.6 Å². The van der Waals surface area contributed by atoms with E-state index in [0.717, 1.165) is 0 Å². The summed E-state index contributed by atoms with van der Waals surface area (Å²) in [6.45, 7) is 4.96. The highest BCUT2D eigenvalue weighted by atomic mass is 32.2. The number of carbonyl (C=O) groups excluding carboxylic acids is 1. The molecule has 7 heteroatoms. The Morgan fingerprint density at radius 1 is 1.22 bits per heavy atom. The molecule has 0 aliphatic heterocycles. The van der Waals surface area contributed by atoms with Gasteiger partial charge in [-0.15, -0.1) is 0 Å². The van der Waals surface area contributed by atoms with E-state index < -0.39 is 43.1 Å². The van der Waals surface area contributed by atoms with E-state index >= 15 is 0 Å². The Labute approximate surface area is 104 Å². The molecule has 18 heavy (non-hydrogen) atoms. The zero-order valence-corrected chi connectivity index (χ0v) is 11.2. The minimum atomic E-state index is -5.41. The van der Waals surface area contributed by atoms with Crippen molar-refractivity contribution in [3.8, 4) is 0 Å². The van der Waals surface area contributed by atoms with Crippen molar-refractivity contribution in [1.29, 1.82) is 0 Å². The van der Waals surface area contributed by atoms with Crippen LogP contribution in [0.3, 0.4) is 0 Å². The van der Waals surface area contributed by atoms with Crippen molar-refractivity contribution < 1.29 is 26.4 Å². The van der Waals surface area contributed by atoms with Crippen molar-refractivity contribution in [3.63, 3.8) is 0 Å². The van der Waals surface area contributed by atoms with Crippen LogP contribution in [0.15, 0.2) is 0 Å². The van der Waals surface area contributed by atoms with Gasteiger partial charge in [0.05, 0.1) is 0 Å². The molecule has 2 saturated carbocycles. The van der Waals surface area contributed by atoms with Gasteiger partial charge in [0, 0.05) is 5.41 Å². The predicted octanol–water partition coefficient (Wildman–Crippen LogP) is 2.31. The highest BCUT2D eigenvalue weighted by Gasteiger charge is 2.72. The van der Waals surface area contributed by atoms with E-state index in [0.29, 0.717) is 12.8 Å². The van der Waals surface area contributed by atoms with Crippen molar-refractivity contribution in [1.82, 2.24) is 0 Å². The monoisotopic (exact) mass is 284 g/mol. The third-order valence-corrected chi connectivity index (χ3v) is 6.99. The molecular weight excluding hydrogens is 269 g/mol. The molecule has 0 aromatic rings. The standard InChI is InChI=1S/C11H15F3O3S/c1-9(2)6-4-5-10(9,3)8(15)7(6)18(16,17)11(12,13)14/h6-7H,4-5H2,1-3H3. The van der Waals surface area contributed by atoms with Crippen LogP contribution < -0.4 is 0 Å². The molecule has 104 valence electrons. The summed E-state index contributed by atoms with van der Waals surface area (Å²) in [5.74, 6) is -1.50. The van der Waals surface area contributed by atoms with Gasteiger partial charge in [-0.05, 0) is 24.2 Å². The first-order chi connectivity index (χ1) is 7.87. The Hall–Kier alpha value is -0.590. The van der Waals surface area contributed by atoms with Crippen molar-refractivity contribution in [2.75, 3.05) is 0 Å². The fraction of sp³-hybridized carbons (Fsp3) is 0.909. The molecule has 2 fully saturated rings. The van der Waals surface area contributed by atoms with E-state index in [4.69, 9.17) is 0 Å². The summed E-state index contributed by atoms with van der Waals surface area (Å²) in [6.07, 6.45) is 0.822. The van der Waals surface area contributed by atoms with Crippen LogP contribution in [0, 0.1) is 16.7 Å². The first kappa shape index (κ1) is 13.8. The van der Waals surface area contributed by atoms with E-state index in [1.54, 1.807) is 20.8 Å². The predicted molar refractivity (Wildman–Crippen MR) is 58.4 cm³/mol. The van der Waals surface area contributed by atoms with Crippen LogP contribution in [-0.4, -0.2) is 25.0 Å². The third-order valence-electron chi connectivity index (χ3n) is 5.13. The number of carbonyl (C=O) groups is 1. The minimum absolute atomic E-state index is 0.356. The summed E-state index contributed by atoms with van der Waals surface area (Å²) >= 11 is 0. The van der Waals surface area contributed by atoms with Crippen LogP contribution in [0.1, 0.15) is 33.6 Å². The second kappa shape index (κ2) is 3.29. The summed E-state index contributed by atoms with van der Waals surface area (Å²) in [4.78, 5) is 12.1. The number of rotatable bonds is 1. The summed E-state index contributed by atoms with van der Waals surface area (Å²) < 4.78 is 60.9. The molecule has 2 bridgehead atoms. The molecule has 3 unspecified atom stereocenters. The molecule has 2 aliphatic carbocycles. The normalized spacial score (nSPS) is 39.3. The second-order valence-corrected chi connectivity index (χ2v) is 8.04. The largest absolute Gasteiger partial charge is 0.498 e. The lowest BCUT2D eigenvalue weighted by Crippen LogP contribution is -2.44. The number of halogens is 3. The molecule has 0 N–H and O–H groups in total. The molecule has 0 radical (unpaired) electrons. The molecule has 0 spiro atoms. The van der Waals surface area contributed by atoms with Crippen LogP contribution in [-0.2, 0) is 14.6 Å². The maximum absolute atomic E-state index is 12.6. The van der Waals surface area contributed by atoms with Gasteiger partial charge in [-0.25, -0.2) is 8.42 Å². The maximum Gasteiger partial charge on any atom is 0.498 e. The van der Waals surface area contributed by atoms with Crippen LogP contribution in [0.25, 0.3) is 0 Å². The van der Waals surface area contributed by atoms with Gasteiger partial charge in [0.2, 0.25) is 0 Å². The quantitative estimate of drug-likeness (QED) is 0.742. The summed E-state index contributed by atoms with van der Waals surface area (Å²) in [7, 11) is -5.41. The number of alkyl halides is 3. The van der Waals surface area contributed by atoms with Gasteiger partial charge < -0.3 is 0 Å². The van der Waals surface area contributed by atoms with E-state index in [1.165, 1.54) is 0 Å². The van der Waals surface area contributed by atoms with Gasteiger partial charge in [0.25, 0.3) is 9.84 Å². The van der Waals surface area contributed by atoms with Crippen molar-refractivity contribution in [2.45, 2.75) is 44.4 Å². The molecule has 2 aliphatic rings. The van der Waals surface area contributed by atoms with Crippen LogP contribution in [0.4, 0.5) is 13.2 Å². The van der Waals surface area contributed by atoms with Crippen LogP contribution >= 0.6 is 0 Å². The highest BCUT2D eigenvalue weighted by Crippen LogP contribution is 2.65. The van der Waals surface area contributed by atoms with Gasteiger partial charge in [-0.1, -0.05) is 20.8 Å². The molecule has 2 rings (SSSR count). The lowest BCUT2D eigenvalue weighted by atomic mass is 9.70. The van der Waals surface area contributed by atoms with Crippen LogP contribution in [0.2, 0.25) is 0 Å². The lowest BCUT2D eigenvalue weighted by Gasteiger charge is -2.32. The SMILES string of the molecule is CC12CCC(C(S(=O)(=O)C(F)(F)F)C1=O)C2(C)C. The van der Waals surface area contributed by atoms with Gasteiger partial charge in [0.15, 0.2) is 5.78 Å². The fourth-order valence-corrected chi connectivity index (χ4v) is 5.24. The number of hydrogen-bond donors (Lipinski definition) is 0. The van der Waals surface area contributed by atoms with Crippen LogP contribution in [0.5, 0.6) is 0 Å². The first-order valence-electron chi connectivity index (χ1n) is 5.72. The first-order valence-corrected chi connectivity index (χ1v) is 7.26. The van der Waals surface area contributed by atoms with Gasteiger partial charge in [-0.2, -0.15) is 13.2 Å². The van der Waals surface area contributed by atoms with Gasteiger partial charge in [0.1, 0.15) is 5.25 Å². The fourth-order valence-electron chi connectivity index (χ4n) is 3.50. The molecule has 0 amide bonds. The number of sulfone groups is 1. The Morgan fingerprint density at radius 2 is 1.72 bits per heavy atom. The minimum Gasteiger partial charge on any atom is -0.298 e. The number of ketones is 1. The van der Waals surface area contributed by atoms with Crippen molar-refractivity contribution in [2.24, 2.45) is 16.7 Å². The Balaban J connectivity index is 2.56. The molecular formula is C11H15F3O3S. The molecule has 3 atom stereocenters. The Morgan fingerprint density at radius 3 is 2.06 bits per heavy atom. The topological polar surface area (TPSA) is 51.2 Å². The zero-order valence-electron chi connectivity index (χ0n) is 10.3.